The first-order valence-corrected chi connectivity index (χ1v) is 58.2. The topological polar surface area (TPSA) is 6.48 Å². The number of nitrogens with zero attached hydrogens (tertiary/aromatic N) is 2. The van der Waals surface area contributed by atoms with Gasteiger partial charge in [-0.1, -0.05) is 289 Å². The molecule has 2 nitrogen and oxygen atoms in total. The van der Waals surface area contributed by atoms with E-state index in [-0.39, 0.29) is 10.8 Å². The molecule has 7 aromatic carbocycles. The molecule has 0 aliphatic heterocycles. The molecule has 7 aromatic rings. The molecule has 0 aliphatic rings. The van der Waals surface area contributed by atoms with E-state index in [0.717, 1.165) is 0 Å². The molecule has 0 atom stereocenters. The zero-order chi connectivity index (χ0) is 60.4. The molecule has 0 bridgehead atoms. The molecule has 430 valence electrons. The van der Waals surface area contributed by atoms with Gasteiger partial charge in [0.05, 0.1) is 76.0 Å². The molecule has 0 N–H and O–H groups in total. The highest BCUT2D eigenvalue weighted by Gasteiger charge is 2.35. The fraction of sp³-hybridized carbons (Fsp3) is 0.457. The minimum absolute atomic E-state index is 0.0947. The maximum atomic E-state index is 2.81. The van der Waals surface area contributed by atoms with Crippen molar-refractivity contribution in [2.45, 2.75) is 210 Å². The van der Waals surface area contributed by atoms with Crippen molar-refractivity contribution in [3.8, 4) is 0 Å². The number of fused-ring (bicyclic) bond motifs is 2. The average Bonchev–Trinajstić information content (AvgIpc) is 3.28. The van der Waals surface area contributed by atoms with Gasteiger partial charge in [-0.15, -0.1) is 0 Å². The third-order valence-corrected chi connectivity index (χ3v) is 33.0. The Morgan fingerprint density at radius 1 is 0.225 bits per heavy atom. The highest BCUT2D eigenvalue weighted by molar-refractivity contribution is 6.94. The van der Waals surface area contributed by atoms with E-state index in [9.17, 15) is 0 Å². The largest absolute Gasteiger partial charge is 0.309 e. The van der Waals surface area contributed by atoms with Crippen molar-refractivity contribution in [1.29, 1.82) is 0 Å². The minimum atomic E-state index is -1.83. The molecule has 0 saturated heterocycles. The van der Waals surface area contributed by atoms with Crippen LogP contribution in [0.1, 0.15) is 52.7 Å². The lowest BCUT2D eigenvalue weighted by atomic mass is 9.82. The van der Waals surface area contributed by atoms with Crippen LogP contribution < -0.4 is 51.3 Å². The van der Waals surface area contributed by atoms with Crippen LogP contribution in [0.4, 0.5) is 34.1 Å². The summed E-state index contributed by atoms with van der Waals surface area (Å²) in [6.45, 7) is 75.6. The Balaban J connectivity index is 1.90. The Bertz CT molecular complexity index is 2970. The van der Waals surface area contributed by atoms with Crippen LogP contribution in [-0.4, -0.2) is 64.6 Å². The molecule has 0 saturated carbocycles. The molecule has 0 aromatic heterocycles. The van der Waals surface area contributed by atoms with Crippen LogP contribution in [0.2, 0.25) is 157 Å². The lowest BCUT2D eigenvalue weighted by Crippen LogP contribution is -2.46. The molecule has 0 unspecified atom stereocenters. The summed E-state index contributed by atoms with van der Waals surface area (Å²) in [5.74, 6) is 0. The average molecular weight is 1200 g/mol. The quantitative estimate of drug-likeness (QED) is 0.0608. The van der Waals surface area contributed by atoms with Gasteiger partial charge in [-0.3, -0.25) is 0 Å². The summed E-state index contributed by atoms with van der Waals surface area (Å²) in [5.41, 5.74) is 10.3. The fourth-order valence-electron chi connectivity index (χ4n) is 10.8. The number of anilines is 6. The highest BCUT2D eigenvalue weighted by atomic mass is 28.3. The molecule has 0 radical (unpaired) electrons. The van der Waals surface area contributed by atoms with Gasteiger partial charge < -0.3 is 9.80 Å². The standard InChI is InChI=1S/C70H108N2Si8/c1-69(2,3)49-31-33-63-65(35-49)67(71(51-37-55(73(7,8)9)45-56(38-51)74(10,11)12)52-39-57(75(13,14)15)46-58(40-52)76(16,17)18)64-34-32-50(70(4,5)6)36-66(64)68(63)72(53-41-59(77(19,20)21)47-60(42-53)78(22,23)24)54-43-61(79(25,26)27)48-62(44-54)80(28,29)30/h31-48H,1-30H3. The molecule has 10 heteroatoms. The molecule has 0 spiro atoms. The zero-order valence-electron chi connectivity index (χ0n) is 56.3. The van der Waals surface area contributed by atoms with E-state index in [0.29, 0.717) is 0 Å². The van der Waals surface area contributed by atoms with E-state index in [2.05, 4.69) is 318 Å². The normalized spacial score (nSPS) is 13.9. The molecular weight excluding hydrogens is 1090 g/mol. The second-order valence-corrected chi connectivity index (χ2v) is 75.1. The summed E-state index contributed by atoms with van der Waals surface area (Å²) in [6, 6.07) is 47.0. The van der Waals surface area contributed by atoms with Gasteiger partial charge in [0.25, 0.3) is 0 Å². The lowest BCUT2D eigenvalue weighted by Gasteiger charge is -2.37. The Labute approximate surface area is 497 Å². The van der Waals surface area contributed by atoms with Crippen molar-refractivity contribution < 1.29 is 0 Å². The van der Waals surface area contributed by atoms with E-state index in [1.165, 1.54) is 108 Å². The smallest absolute Gasteiger partial charge is 0.0776 e. The van der Waals surface area contributed by atoms with Crippen LogP contribution in [0.5, 0.6) is 0 Å². The summed E-state index contributed by atoms with van der Waals surface area (Å²) in [7, 11) is -14.7. The first-order chi connectivity index (χ1) is 36.0. The summed E-state index contributed by atoms with van der Waals surface area (Å²) >= 11 is 0. The fourth-order valence-corrected chi connectivity index (χ4v) is 20.8. The molecular formula is C70H108N2Si8. The van der Waals surface area contributed by atoms with E-state index in [1.54, 1.807) is 0 Å². The van der Waals surface area contributed by atoms with Crippen LogP contribution in [0.15, 0.2) is 109 Å². The van der Waals surface area contributed by atoms with E-state index in [1.807, 2.05) is 0 Å². The van der Waals surface area contributed by atoms with Crippen LogP contribution >= 0.6 is 0 Å². The Hall–Kier alpha value is -3.60. The second kappa shape index (κ2) is 21.2. The summed E-state index contributed by atoms with van der Waals surface area (Å²) < 4.78 is 0. The van der Waals surface area contributed by atoms with E-state index < -0.39 is 64.6 Å². The van der Waals surface area contributed by atoms with Crippen LogP contribution in [-0.2, 0) is 10.8 Å². The molecule has 0 aliphatic carbocycles. The molecule has 0 amide bonds. The van der Waals surface area contributed by atoms with Crippen molar-refractivity contribution in [3.63, 3.8) is 0 Å². The predicted octanol–water partition coefficient (Wildman–Crippen LogP) is 17.9. The SMILES string of the molecule is CC(C)(C)c1ccc2c(N(c3cc([Si](C)(C)C)cc([Si](C)(C)C)c3)c3cc([Si](C)(C)C)cc([Si](C)(C)C)c3)c3cc(C(C)(C)C)ccc3c(N(c3cc([Si](C)(C)C)cc([Si](C)(C)C)c3)c3cc([Si](C)(C)C)cc([Si](C)(C)C)c3)c2c1. The predicted molar refractivity (Wildman–Crippen MR) is 392 cm³/mol. The highest BCUT2D eigenvalue weighted by Crippen LogP contribution is 2.52. The Morgan fingerprint density at radius 3 is 0.550 bits per heavy atom. The third-order valence-electron chi connectivity index (χ3n) is 16.9. The van der Waals surface area contributed by atoms with Gasteiger partial charge in [-0.25, -0.2) is 0 Å². The molecule has 80 heavy (non-hydrogen) atoms. The van der Waals surface area contributed by atoms with Crippen LogP contribution in [0, 0.1) is 0 Å². The lowest BCUT2D eigenvalue weighted by molar-refractivity contribution is 0.590. The summed E-state index contributed by atoms with van der Waals surface area (Å²) in [4.78, 5) is 5.62. The van der Waals surface area contributed by atoms with Gasteiger partial charge in [0, 0.05) is 44.3 Å². The maximum absolute atomic E-state index is 2.81. The molecule has 0 fully saturated rings. The number of rotatable bonds is 14. The van der Waals surface area contributed by atoms with Gasteiger partial charge in [0.15, 0.2) is 0 Å². The monoisotopic (exact) mass is 1200 g/mol. The van der Waals surface area contributed by atoms with Crippen molar-refractivity contribution in [2.75, 3.05) is 9.80 Å². The van der Waals surface area contributed by atoms with E-state index in [4.69, 9.17) is 0 Å². The van der Waals surface area contributed by atoms with E-state index >= 15 is 0 Å². The van der Waals surface area contributed by atoms with Gasteiger partial charge in [-0.05, 0) is 82.6 Å². The Kier molecular flexibility index (Phi) is 16.9. The minimum Gasteiger partial charge on any atom is -0.309 e. The van der Waals surface area contributed by atoms with Crippen molar-refractivity contribution in [1.82, 2.24) is 0 Å². The summed E-state index contributed by atoms with van der Waals surface area (Å²) in [6.07, 6.45) is 0. The van der Waals surface area contributed by atoms with Crippen molar-refractivity contribution in [2.24, 2.45) is 0 Å². The maximum Gasteiger partial charge on any atom is 0.0776 e. The second-order valence-electron chi connectivity index (χ2n) is 34.5. The van der Waals surface area contributed by atoms with Crippen LogP contribution in [0.3, 0.4) is 0 Å². The Morgan fingerprint density at radius 2 is 0.400 bits per heavy atom. The number of hydrogen-bond donors (Lipinski definition) is 0. The number of benzene rings is 7. The molecule has 7 rings (SSSR count). The van der Waals surface area contributed by atoms with Crippen LogP contribution in [0.25, 0.3) is 21.5 Å². The van der Waals surface area contributed by atoms with Gasteiger partial charge >= 0.3 is 0 Å². The number of hydrogen-bond acceptors (Lipinski definition) is 2. The third kappa shape index (κ3) is 13.8. The molecule has 0 heterocycles. The first-order valence-electron chi connectivity index (χ1n) is 30.2. The summed E-state index contributed by atoms with van der Waals surface area (Å²) in [5, 5.41) is 17.5. The van der Waals surface area contributed by atoms with Crippen molar-refractivity contribution >= 4 is 162 Å². The first kappa shape index (κ1) is 64.0. The zero-order valence-corrected chi connectivity index (χ0v) is 64.3. The van der Waals surface area contributed by atoms with Gasteiger partial charge in [0.1, 0.15) is 0 Å². The van der Waals surface area contributed by atoms with Gasteiger partial charge in [-0.2, -0.15) is 0 Å². The van der Waals surface area contributed by atoms with Crippen molar-refractivity contribution in [3.05, 3.63) is 120 Å². The van der Waals surface area contributed by atoms with Gasteiger partial charge in [0.2, 0.25) is 0 Å².